The van der Waals surface area contributed by atoms with Gasteiger partial charge in [0, 0.05) is 12.6 Å². The lowest BCUT2D eigenvalue weighted by molar-refractivity contribution is -0.384. The first kappa shape index (κ1) is 15.4. The average molecular weight is 282 g/mol. The third-order valence-corrected chi connectivity index (χ3v) is 2.49. The number of nitro groups is 1. The largest absolute Gasteiger partial charge is 0.469 e. The smallest absolute Gasteiger partial charge is 0.338 e. The maximum Gasteiger partial charge on any atom is 0.338 e. The summed E-state index contributed by atoms with van der Waals surface area (Å²) >= 11 is 0. The first-order valence-corrected chi connectivity index (χ1v) is 5.67. The van der Waals surface area contributed by atoms with E-state index in [1.807, 2.05) is 0 Å². The Hall–Kier alpha value is -2.64. The van der Waals surface area contributed by atoms with Crippen molar-refractivity contribution in [1.82, 2.24) is 0 Å². The number of ether oxygens (including phenoxy) is 2. The highest BCUT2D eigenvalue weighted by Gasteiger charge is 2.17. The van der Waals surface area contributed by atoms with E-state index in [4.69, 9.17) is 0 Å². The summed E-state index contributed by atoms with van der Waals surface area (Å²) in [5.74, 6) is -1.08. The lowest BCUT2D eigenvalue weighted by atomic mass is 10.1. The number of nitrogens with one attached hydrogen (secondary N) is 1. The van der Waals surface area contributed by atoms with E-state index in [0.717, 1.165) is 6.07 Å². The maximum atomic E-state index is 11.3. The van der Waals surface area contributed by atoms with Gasteiger partial charge in [-0.05, 0) is 12.1 Å². The van der Waals surface area contributed by atoms with Gasteiger partial charge in [0.2, 0.25) is 0 Å². The van der Waals surface area contributed by atoms with Crippen molar-refractivity contribution in [2.75, 3.05) is 26.1 Å². The first-order chi connectivity index (χ1) is 9.49. The van der Waals surface area contributed by atoms with Crippen molar-refractivity contribution < 1.29 is 24.0 Å². The van der Waals surface area contributed by atoms with Gasteiger partial charge in [-0.2, -0.15) is 0 Å². The zero-order valence-corrected chi connectivity index (χ0v) is 11.0. The van der Waals surface area contributed by atoms with Crippen molar-refractivity contribution in [3.63, 3.8) is 0 Å². The normalized spacial score (nSPS) is 9.70. The zero-order valence-electron chi connectivity index (χ0n) is 11.0. The Morgan fingerprint density at radius 1 is 1.30 bits per heavy atom. The van der Waals surface area contributed by atoms with Gasteiger partial charge in [-0.25, -0.2) is 4.79 Å². The van der Waals surface area contributed by atoms with Crippen LogP contribution in [0.1, 0.15) is 16.8 Å². The Kier molecular flexibility index (Phi) is 5.45. The summed E-state index contributed by atoms with van der Waals surface area (Å²) in [6, 6.07) is 3.91. The highest BCUT2D eigenvalue weighted by Crippen LogP contribution is 2.25. The van der Waals surface area contributed by atoms with Crippen molar-refractivity contribution in [1.29, 1.82) is 0 Å². The molecule has 0 aliphatic heterocycles. The third-order valence-electron chi connectivity index (χ3n) is 2.49. The Morgan fingerprint density at radius 3 is 2.55 bits per heavy atom. The van der Waals surface area contributed by atoms with Crippen LogP contribution in [0.2, 0.25) is 0 Å². The molecular weight excluding hydrogens is 268 g/mol. The molecule has 0 saturated carbocycles. The topological polar surface area (TPSA) is 108 Å². The number of nitrogens with zero attached hydrogens (tertiary/aromatic N) is 1. The molecule has 0 radical (unpaired) electrons. The lowest BCUT2D eigenvalue weighted by Gasteiger charge is -2.07. The summed E-state index contributed by atoms with van der Waals surface area (Å²) in [7, 11) is 2.45. The second kappa shape index (κ2) is 7.07. The number of hydrogen-bond acceptors (Lipinski definition) is 7. The van der Waals surface area contributed by atoms with Gasteiger partial charge in [-0.15, -0.1) is 0 Å². The van der Waals surface area contributed by atoms with E-state index in [1.165, 1.54) is 26.4 Å². The number of nitro benzene ring substituents is 1. The molecule has 8 nitrogen and oxygen atoms in total. The van der Waals surface area contributed by atoms with Crippen LogP contribution >= 0.6 is 0 Å². The number of esters is 2. The van der Waals surface area contributed by atoms with Crippen molar-refractivity contribution in [3.8, 4) is 0 Å². The molecule has 8 heteroatoms. The molecule has 0 aromatic heterocycles. The standard InChI is InChI=1S/C12H14N2O6/c1-19-11(15)5-6-13-9-4-3-8(12(16)20-2)7-10(9)14(17)18/h3-4,7,13H,5-6H2,1-2H3. The summed E-state index contributed by atoms with van der Waals surface area (Å²) in [5, 5.41) is 13.7. The molecule has 1 aromatic carbocycles. The van der Waals surface area contributed by atoms with E-state index in [9.17, 15) is 19.7 Å². The number of carbonyl (C=O) groups is 2. The number of benzene rings is 1. The van der Waals surface area contributed by atoms with Crippen LogP contribution < -0.4 is 5.32 Å². The molecule has 0 fully saturated rings. The van der Waals surface area contributed by atoms with E-state index in [2.05, 4.69) is 14.8 Å². The summed E-state index contributed by atoms with van der Waals surface area (Å²) in [4.78, 5) is 32.6. The highest BCUT2D eigenvalue weighted by molar-refractivity contribution is 5.91. The number of anilines is 1. The van der Waals surface area contributed by atoms with Crippen LogP contribution in [0.25, 0.3) is 0 Å². The summed E-state index contributed by atoms with van der Waals surface area (Å²) < 4.78 is 8.95. The van der Waals surface area contributed by atoms with E-state index in [-0.39, 0.29) is 29.9 Å². The van der Waals surface area contributed by atoms with Crippen molar-refractivity contribution in [2.45, 2.75) is 6.42 Å². The van der Waals surface area contributed by atoms with Crippen molar-refractivity contribution in [3.05, 3.63) is 33.9 Å². The Bertz CT molecular complexity index is 529. The first-order valence-electron chi connectivity index (χ1n) is 5.67. The number of rotatable bonds is 6. The van der Waals surface area contributed by atoms with Gasteiger partial charge in [-0.1, -0.05) is 0 Å². The molecular formula is C12H14N2O6. The minimum absolute atomic E-state index is 0.0758. The quantitative estimate of drug-likeness (QED) is 0.476. The van der Waals surface area contributed by atoms with Crippen molar-refractivity contribution in [2.24, 2.45) is 0 Å². The molecule has 0 heterocycles. The van der Waals surface area contributed by atoms with Crippen LogP contribution in [-0.2, 0) is 14.3 Å². The monoisotopic (exact) mass is 282 g/mol. The van der Waals surface area contributed by atoms with E-state index >= 15 is 0 Å². The molecule has 0 saturated heterocycles. The lowest BCUT2D eigenvalue weighted by Crippen LogP contribution is -2.11. The molecule has 20 heavy (non-hydrogen) atoms. The van der Waals surface area contributed by atoms with Crippen LogP contribution in [0.4, 0.5) is 11.4 Å². The predicted octanol–water partition coefficient (Wildman–Crippen LogP) is 1.36. The van der Waals surface area contributed by atoms with Crippen LogP contribution in [-0.4, -0.2) is 37.6 Å². The molecule has 108 valence electrons. The Balaban J connectivity index is 2.88. The summed E-state index contributed by atoms with van der Waals surface area (Å²) in [5.41, 5.74) is 0.0297. The van der Waals surface area contributed by atoms with Crippen LogP contribution in [0.15, 0.2) is 18.2 Å². The van der Waals surface area contributed by atoms with Gasteiger partial charge < -0.3 is 14.8 Å². The minimum Gasteiger partial charge on any atom is -0.469 e. The minimum atomic E-state index is -0.658. The second-order valence-corrected chi connectivity index (χ2v) is 3.73. The van der Waals surface area contributed by atoms with Crippen LogP contribution in [0, 0.1) is 10.1 Å². The molecule has 0 amide bonds. The van der Waals surface area contributed by atoms with Crippen LogP contribution in [0.3, 0.4) is 0 Å². The molecule has 0 atom stereocenters. The number of methoxy groups -OCH3 is 2. The Labute approximate surface area is 114 Å². The predicted molar refractivity (Wildman–Crippen MR) is 69.6 cm³/mol. The van der Waals surface area contributed by atoms with E-state index < -0.39 is 16.9 Å². The SMILES string of the molecule is COC(=O)CCNc1ccc(C(=O)OC)cc1[N+](=O)[O-]. The summed E-state index contributed by atoms with van der Waals surface area (Å²) in [6.07, 6.45) is 0.0758. The number of hydrogen-bond donors (Lipinski definition) is 1. The fraction of sp³-hybridized carbons (Fsp3) is 0.333. The van der Waals surface area contributed by atoms with Gasteiger partial charge in [-0.3, -0.25) is 14.9 Å². The van der Waals surface area contributed by atoms with Gasteiger partial charge >= 0.3 is 11.9 Å². The van der Waals surface area contributed by atoms with Gasteiger partial charge in [0.25, 0.3) is 5.69 Å². The highest BCUT2D eigenvalue weighted by atomic mass is 16.6. The zero-order chi connectivity index (χ0) is 15.1. The molecule has 0 aliphatic rings. The molecule has 0 spiro atoms. The second-order valence-electron chi connectivity index (χ2n) is 3.73. The fourth-order valence-electron chi connectivity index (χ4n) is 1.48. The maximum absolute atomic E-state index is 11.3. The van der Waals surface area contributed by atoms with Crippen molar-refractivity contribution >= 4 is 23.3 Å². The van der Waals surface area contributed by atoms with Crippen LogP contribution in [0.5, 0.6) is 0 Å². The molecule has 1 N–H and O–H groups in total. The average Bonchev–Trinajstić information content (AvgIpc) is 2.46. The molecule has 0 bridgehead atoms. The fourth-order valence-corrected chi connectivity index (χ4v) is 1.48. The summed E-state index contributed by atoms with van der Waals surface area (Å²) in [6.45, 7) is 0.186. The van der Waals surface area contributed by atoms with Gasteiger partial charge in [0.15, 0.2) is 0 Å². The molecule has 0 aliphatic carbocycles. The van der Waals surface area contributed by atoms with E-state index in [0.29, 0.717) is 0 Å². The molecule has 1 aromatic rings. The molecule has 0 unspecified atom stereocenters. The Morgan fingerprint density at radius 2 is 2.00 bits per heavy atom. The number of carbonyl (C=O) groups excluding carboxylic acids is 2. The molecule has 1 rings (SSSR count). The third kappa shape index (κ3) is 3.94. The van der Waals surface area contributed by atoms with E-state index in [1.54, 1.807) is 0 Å². The van der Waals surface area contributed by atoms with Gasteiger partial charge in [0.1, 0.15) is 5.69 Å². The van der Waals surface area contributed by atoms with Gasteiger partial charge in [0.05, 0.1) is 31.1 Å².